The van der Waals surface area contributed by atoms with Gasteiger partial charge < -0.3 is 14.6 Å². The van der Waals surface area contributed by atoms with Crippen LogP contribution in [0.25, 0.3) is 11.2 Å². The highest BCUT2D eigenvalue weighted by molar-refractivity contribution is 6.33. The Bertz CT molecular complexity index is 757. The number of nitrogens with zero attached hydrogens (tertiary/aromatic N) is 4. The molecule has 2 aromatic rings. The molecule has 128 valence electrons. The van der Waals surface area contributed by atoms with Crippen LogP contribution in [0.4, 0.5) is 0 Å². The first-order chi connectivity index (χ1) is 11.5. The normalized spacial score (nSPS) is 16.2. The van der Waals surface area contributed by atoms with Crippen LogP contribution in [0.15, 0.2) is 12.7 Å². The molecular weight excluding hydrogens is 334 g/mol. The Morgan fingerprint density at radius 3 is 2.83 bits per heavy atom. The van der Waals surface area contributed by atoms with Gasteiger partial charge in [-0.15, -0.1) is 0 Å². The first-order valence-corrected chi connectivity index (χ1v) is 8.21. The molecule has 8 nitrogen and oxygen atoms in total. The molecule has 2 heterocycles. The van der Waals surface area contributed by atoms with Gasteiger partial charge in [0.1, 0.15) is 24.0 Å². The quantitative estimate of drug-likeness (QED) is 0.647. The lowest BCUT2D eigenvalue weighted by Gasteiger charge is -2.20. The van der Waals surface area contributed by atoms with Crippen molar-refractivity contribution in [2.24, 2.45) is 0 Å². The summed E-state index contributed by atoms with van der Waals surface area (Å²) in [4.78, 5) is 36.0. The molecule has 0 radical (unpaired) electrons. The number of carbonyl (C=O) groups is 2. The molecular formula is C15H18ClN5O3. The average Bonchev–Trinajstić information content (AvgIpc) is 3.17. The number of imidazole rings is 1. The number of esters is 1. The zero-order valence-electron chi connectivity index (χ0n) is 13.2. The van der Waals surface area contributed by atoms with E-state index in [0.717, 1.165) is 25.7 Å². The molecule has 3 rings (SSSR count). The van der Waals surface area contributed by atoms with Crippen LogP contribution in [0.5, 0.6) is 0 Å². The highest BCUT2D eigenvalue weighted by atomic mass is 35.5. The van der Waals surface area contributed by atoms with E-state index in [1.165, 1.54) is 19.6 Å². The summed E-state index contributed by atoms with van der Waals surface area (Å²) in [5.74, 6) is -0.750. The molecule has 0 bridgehead atoms. The van der Waals surface area contributed by atoms with E-state index >= 15 is 0 Å². The summed E-state index contributed by atoms with van der Waals surface area (Å²) < 4.78 is 7.16. The van der Waals surface area contributed by atoms with Crippen LogP contribution in [0.3, 0.4) is 0 Å². The minimum atomic E-state index is -0.811. The van der Waals surface area contributed by atoms with Crippen LogP contribution in [-0.4, -0.2) is 43.5 Å². The fourth-order valence-electron chi connectivity index (χ4n) is 2.86. The van der Waals surface area contributed by atoms with Crippen molar-refractivity contribution in [1.29, 1.82) is 0 Å². The van der Waals surface area contributed by atoms with Crippen LogP contribution in [0, 0.1) is 0 Å². The van der Waals surface area contributed by atoms with Gasteiger partial charge in [-0.3, -0.25) is 4.79 Å². The lowest BCUT2D eigenvalue weighted by atomic mass is 10.2. The summed E-state index contributed by atoms with van der Waals surface area (Å²) in [7, 11) is 0. The van der Waals surface area contributed by atoms with Crippen molar-refractivity contribution >= 4 is 34.6 Å². The second-order valence-corrected chi connectivity index (χ2v) is 6.19. The van der Waals surface area contributed by atoms with E-state index in [4.69, 9.17) is 16.3 Å². The fourth-order valence-corrected chi connectivity index (χ4v) is 3.04. The molecule has 0 saturated heterocycles. The van der Waals surface area contributed by atoms with Crippen molar-refractivity contribution < 1.29 is 14.3 Å². The van der Waals surface area contributed by atoms with Crippen molar-refractivity contribution in [2.75, 3.05) is 0 Å². The van der Waals surface area contributed by atoms with E-state index in [1.54, 1.807) is 4.57 Å². The number of carbonyl (C=O) groups excluding carboxylic acids is 2. The summed E-state index contributed by atoms with van der Waals surface area (Å²) in [6, 6.07) is -0.811. The standard InChI is InChI=1S/C15H18ClN5O3/c1-9(22)20-11(15(23)24-10-4-2-3-5-10)6-21-8-19-12-13(16)17-7-18-14(12)21/h7-8,10-11H,2-6H2,1H3,(H,20,22). The molecule has 1 fully saturated rings. The second-order valence-electron chi connectivity index (χ2n) is 5.83. The van der Waals surface area contributed by atoms with Crippen molar-refractivity contribution in [2.45, 2.75) is 51.3 Å². The smallest absolute Gasteiger partial charge is 0.330 e. The number of aromatic nitrogens is 4. The molecule has 1 amide bonds. The third-order valence-corrected chi connectivity index (χ3v) is 4.26. The molecule has 2 aromatic heterocycles. The maximum atomic E-state index is 12.4. The molecule has 0 aromatic carbocycles. The van der Waals surface area contributed by atoms with Crippen LogP contribution >= 0.6 is 11.6 Å². The third kappa shape index (κ3) is 3.64. The van der Waals surface area contributed by atoms with Crippen molar-refractivity contribution in [3.05, 3.63) is 17.8 Å². The minimum absolute atomic E-state index is 0.0648. The Balaban J connectivity index is 1.78. The summed E-state index contributed by atoms with van der Waals surface area (Å²) >= 11 is 5.98. The third-order valence-electron chi connectivity index (χ3n) is 3.98. The van der Waals surface area contributed by atoms with Gasteiger partial charge >= 0.3 is 5.97 Å². The van der Waals surface area contributed by atoms with Gasteiger partial charge in [0.25, 0.3) is 0 Å². The van der Waals surface area contributed by atoms with Crippen molar-refractivity contribution in [3.8, 4) is 0 Å². The maximum Gasteiger partial charge on any atom is 0.330 e. The first kappa shape index (κ1) is 16.6. The van der Waals surface area contributed by atoms with Gasteiger partial charge in [-0.2, -0.15) is 0 Å². The van der Waals surface area contributed by atoms with Crippen LogP contribution in [-0.2, 0) is 20.9 Å². The van der Waals surface area contributed by atoms with E-state index in [1.807, 2.05) is 0 Å². The van der Waals surface area contributed by atoms with E-state index in [2.05, 4.69) is 20.3 Å². The monoisotopic (exact) mass is 351 g/mol. The number of halogens is 1. The topological polar surface area (TPSA) is 99.0 Å². The number of hydrogen-bond acceptors (Lipinski definition) is 6. The second kappa shape index (κ2) is 7.12. The Hall–Kier alpha value is -2.22. The molecule has 1 N–H and O–H groups in total. The maximum absolute atomic E-state index is 12.4. The summed E-state index contributed by atoms with van der Waals surface area (Å²) in [6.07, 6.45) is 6.64. The van der Waals surface area contributed by atoms with Gasteiger partial charge in [-0.25, -0.2) is 19.7 Å². The molecule has 1 aliphatic carbocycles. The molecule has 24 heavy (non-hydrogen) atoms. The van der Waals surface area contributed by atoms with E-state index in [-0.39, 0.29) is 23.7 Å². The summed E-state index contributed by atoms with van der Waals surface area (Å²) in [5, 5.41) is 2.87. The van der Waals surface area contributed by atoms with E-state index in [9.17, 15) is 9.59 Å². The predicted molar refractivity (Wildman–Crippen MR) is 86.3 cm³/mol. The number of nitrogens with one attached hydrogen (secondary N) is 1. The molecule has 0 aliphatic heterocycles. The number of ether oxygens (including phenoxy) is 1. The fraction of sp³-hybridized carbons (Fsp3) is 0.533. The molecule has 1 aliphatic rings. The Labute approximate surface area is 143 Å². The minimum Gasteiger partial charge on any atom is -0.461 e. The molecule has 0 spiro atoms. The van der Waals surface area contributed by atoms with Gasteiger partial charge in [0.05, 0.1) is 12.9 Å². The van der Waals surface area contributed by atoms with Gasteiger partial charge in [0, 0.05) is 6.92 Å². The van der Waals surface area contributed by atoms with Crippen LogP contribution in [0.1, 0.15) is 32.6 Å². The Kier molecular flexibility index (Phi) is 4.94. The van der Waals surface area contributed by atoms with Gasteiger partial charge in [-0.05, 0) is 25.7 Å². The van der Waals surface area contributed by atoms with Gasteiger partial charge in [-0.1, -0.05) is 11.6 Å². The highest BCUT2D eigenvalue weighted by Crippen LogP contribution is 2.22. The number of fused-ring (bicyclic) bond motifs is 1. The number of hydrogen-bond donors (Lipinski definition) is 1. The van der Waals surface area contributed by atoms with Crippen LogP contribution in [0.2, 0.25) is 5.15 Å². The highest BCUT2D eigenvalue weighted by Gasteiger charge is 2.27. The SMILES string of the molecule is CC(=O)NC(Cn1cnc2c(Cl)ncnc21)C(=O)OC1CCCC1. The largest absolute Gasteiger partial charge is 0.461 e. The lowest BCUT2D eigenvalue weighted by Crippen LogP contribution is -2.44. The molecule has 9 heteroatoms. The summed E-state index contributed by atoms with van der Waals surface area (Å²) in [6.45, 7) is 1.52. The number of rotatable bonds is 5. The molecule has 1 atom stereocenters. The summed E-state index contributed by atoms with van der Waals surface area (Å²) in [5.41, 5.74) is 0.948. The lowest BCUT2D eigenvalue weighted by molar-refractivity contribution is -0.153. The zero-order valence-corrected chi connectivity index (χ0v) is 14.0. The molecule has 1 unspecified atom stereocenters. The first-order valence-electron chi connectivity index (χ1n) is 7.83. The molecule has 1 saturated carbocycles. The average molecular weight is 352 g/mol. The Morgan fingerprint density at radius 2 is 2.12 bits per heavy atom. The predicted octanol–water partition coefficient (Wildman–Crippen LogP) is 1.47. The van der Waals surface area contributed by atoms with Crippen molar-refractivity contribution in [1.82, 2.24) is 24.8 Å². The van der Waals surface area contributed by atoms with Gasteiger partial charge in [0.15, 0.2) is 10.8 Å². The Morgan fingerprint density at radius 1 is 1.38 bits per heavy atom. The number of amides is 1. The zero-order chi connectivity index (χ0) is 17.1. The van der Waals surface area contributed by atoms with E-state index in [0.29, 0.717) is 11.2 Å². The van der Waals surface area contributed by atoms with Gasteiger partial charge in [0.2, 0.25) is 5.91 Å². The van der Waals surface area contributed by atoms with Crippen molar-refractivity contribution in [3.63, 3.8) is 0 Å². The van der Waals surface area contributed by atoms with E-state index < -0.39 is 12.0 Å². The van der Waals surface area contributed by atoms with Crippen LogP contribution < -0.4 is 5.32 Å².